The highest BCUT2D eigenvalue weighted by Crippen LogP contribution is 2.33. The van der Waals surface area contributed by atoms with E-state index in [0.717, 1.165) is 12.5 Å². The molecule has 1 atom stereocenters. The number of hydrogen-bond donors (Lipinski definition) is 1. The molecule has 0 saturated carbocycles. The molecule has 0 aliphatic rings. The van der Waals surface area contributed by atoms with Crippen LogP contribution in [0.25, 0.3) is 0 Å². The first-order valence-corrected chi connectivity index (χ1v) is 5.55. The van der Waals surface area contributed by atoms with Crippen LogP contribution < -0.4 is 0 Å². The van der Waals surface area contributed by atoms with Crippen molar-refractivity contribution in [3.8, 4) is 0 Å². The first-order chi connectivity index (χ1) is 4.70. The van der Waals surface area contributed by atoms with Gasteiger partial charge in [-0.2, -0.15) is 0 Å². The molecule has 10 heavy (non-hydrogen) atoms. The van der Waals surface area contributed by atoms with E-state index in [0.29, 0.717) is 12.5 Å². The highest BCUT2D eigenvalue weighted by molar-refractivity contribution is 7.57. The highest BCUT2D eigenvalue weighted by atomic mass is 31.1. The van der Waals surface area contributed by atoms with E-state index >= 15 is 0 Å². The molecule has 0 radical (unpaired) electrons. The summed E-state index contributed by atoms with van der Waals surface area (Å²) in [5.74, 6) is 0. The molecule has 0 amide bonds. The number of aliphatic hydroxyl groups is 1. The molecule has 62 valence electrons. The van der Waals surface area contributed by atoms with Gasteiger partial charge in [0.2, 0.25) is 0 Å². The van der Waals surface area contributed by atoms with Crippen LogP contribution in [0, 0.1) is 0 Å². The maximum Gasteiger partial charge on any atom is 0.0684 e. The van der Waals surface area contributed by atoms with Crippen LogP contribution in [-0.2, 0) is 4.74 Å². The van der Waals surface area contributed by atoms with Crippen molar-refractivity contribution in [1.82, 2.24) is 0 Å². The van der Waals surface area contributed by atoms with Gasteiger partial charge in [0.1, 0.15) is 0 Å². The highest BCUT2D eigenvalue weighted by Gasteiger charge is 2.03. The second kappa shape index (κ2) is 6.09. The molecular weight excluding hydrogens is 147 g/mol. The maximum atomic E-state index is 8.79. The van der Waals surface area contributed by atoms with Crippen LogP contribution in [0.1, 0.15) is 20.8 Å². The van der Waals surface area contributed by atoms with Gasteiger partial charge in [0.25, 0.3) is 0 Å². The zero-order valence-corrected chi connectivity index (χ0v) is 7.90. The van der Waals surface area contributed by atoms with Crippen LogP contribution in [-0.4, -0.2) is 30.1 Å². The zero-order chi connectivity index (χ0) is 7.98. The Hall–Kier alpha value is 0.350. The molecule has 0 heterocycles. The Morgan fingerprint density at radius 2 is 2.10 bits per heavy atom. The van der Waals surface area contributed by atoms with Gasteiger partial charge >= 0.3 is 0 Å². The number of rotatable bonds is 5. The van der Waals surface area contributed by atoms with E-state index in [9.17, 15) is 0 Å². The van der Waals surface area contributed by atoms with Crippen molar-refractivity contribution < 1.29 is 9.84 Å². The first-order valence-electron chi connectivity index (χ1n) is 3.65. The molecular formula is C7H17O2P. The largest absolute Gasteiger partial charge is 0.392 e. The predicted octanol–water partition coefficient (Wildman–Crippen LogP) is 1.82. The average Bonchev–Trinajstić information content (AvgIpc) is 1.90. The van der Waals surface area contributed by atoms with Crippen molar-refractivity contribution >= 4 is 7.92 Å². The van der Waals surface area contributed by atoms with Crippen molar-refractivity contribution in [3.05, 3.63) is 0 Å². The topological polar surface area (TPSA) is 29.5 Å². The van der Waals surface area contributed by atoms with Crippen LogP contribution in [0.15, 0.2) is 0 Å². The van der Waals surface area contributed by atoms with Crippen molar-refractivity contribution in [3.63, 3.8) is 0 Å². The second-order valence-electron chi connectivity index (χ2n) is 2.47. The van der Waals surface area contributed by atoms with Crippen LogP contribution in [0.3, 0.4) is 0 Å². The molecule has 1 N–H and O–H groups in total. The zero-order valence-electron chi connectivity index (χ0n) is 7.00. The third kappa shape index (κ3) is 5.16. The number of aliphatic hydroxyl groups excluding tert-OH is 1. The lowest BCUT2D eigenvalue weighted by molar-refractivity contribution is 0.116. The Morgan fingerprint density at radius 1 is 1.50 bits per heavy atom. The fourth-order valence-corrected chi connectivity index (χ4v) is 1.46. The lowest BCUT2D eigenvalue weighted by Crippen LogP contribution is -2.04. The summed E-state index contributed by atoms with van der Waals surface area (Å²) in [5, 5.41) is 8.79. The smallest absolute Gasteiger partial charge is 0.0684 e. The van der Waals surface area contributed by atoms with Gasteiger partial charge in [-0.05, 0) is 20.0 Å². The molecule has 0 aliphatic heterocycles. The Kier molecular flexibility index (Phi) is 6.30. The van der Waals surface area contributed by atoms with Crippen molar-refractivity contribution in [1.29, 1.82) is 0 Å². The van der Waals surface area contributed by atoms with E-state index in [4.69, 9.17) is 9.84 Å². The third-order valence-corrected chi connectivity index (χ3v) is 3.05. The van der Waals surface area contributed by atoms with Gasteiger partial charge < -0.3 is 9.84 Å². The Labute approximate surface area is 64.3 Å². The van der Waals surface area contributed by atoms with Gasteiger partial charge in [0, 0.05) is 0 Å². The predicted molar refractivity (Wildman–Crippen MR) is 45.6 cm³/mol. The van der Waals surface area contributed by atoms with Crippen LogP contribution in [0.2, 0.25) is 0 Å². The van der Waals surface area contributed by atoms with Gasteiger partial charge in [-0.25, -0.2) is 0 Å². The Morgan fingerprint density at radius 3 is 2.40 bits per heavy atom. The minimum Gasteiger partial charge on any atom is -0.392 e. The van der Waals surface area contributed by atoms with Gasteiger partial charge in [-0.3, -0.25) is 0 Å². The molecule has 0 aromatic heterocycles. The van der Waals surface area contributed by atoms with Gasteiger partial charge in [-0.15, -0.1) is 0 Å². The molecule has 0 spiro atoms. The average molecular weight is 164 g/mol. The van der Waals surface area contributed by atoms with Crippen molar-refractivity contribution in [2.24, 2.45) is 0 Å². The Bertz CT molecular complexity index is 72.0. The summed E-state index contributed by atoms with van der Waals surface area (Å²) in [4.78, 5) is 0. The van der Waals surface area contributed by atoms with E-state index in [1.165, 1.54) is 0 Å². The summed E-state index contributed by atoms with van der Waals surface area (Å²) in [5.41, 5.74) is 0. The minimum atomic E-state index is -0.255. The number of hydrogen-bond acceptors (Lipinski definition) is 2. The summed E-state index contributed by atoms with van der Waals surface area (Å²) in [6.45, 7) is 6.12. The lowest BCUT2D eigenvalue weighted by Gasteiger charge is -2.14. The quantitative estimate of drug-likeness (QED) is 0.628. The lowest BCUT2D eigenvalue weighted by atomic mass is 10.5. The molecule has 0 rings (SSSR count). The van der Waals surface area contributed by atoms with E-state index in [1.54, 1.807) is 0 Å². The van der Waals surface area contributed by atoms with Crippen LogP contribution in [0.4, 0.5) is 0 Å². The van der Waals surface area contributed by atoms with Gasteiger partial charge in [0.15, 0.2) is 0 Å². The van der Waals surface area contributed by atoms with Gasteiger partial charge in [0.05, 0.1) is 18.8 Å². The first kappa shape index (κ1) is 10.3. The molecule has 3 heteroatoms. The van der Waals surface area contributed by atoms with Crippen LogP contribution >= 0.6 is 7.92 Å². The molecule has 0 aromatic rings. The van der Waals surface area contributed by atoms with Crippen molar-refractivity contribution in [2.75, 3.05) is 18.9 Å². The summed E-state index contributed by atoms with van der Waals surface area (Å²) in [7, 11) is -0.255. The van der Waals surface area contributed by atoms with E-state index in [1.807, 2.05) is 13.8 Å². The molecule has 0 aliphatic carbocycles. The van der Waals surface area contributed by atoms with E-state index in [-0.39, 0.29) is 7.92 Å². The summed E-state index contributed by atoms with van der Waals surface area (Å²) in [6, 6.07) is 0. The third-order valence-electron chi connectivity index (χ3n) is 1.24. The molecule has 2 nitrogen and oxygen atoms in total. The van der Waals surface area contributed by atoms with E-state index < -0.39 is 0 Å². The SMILES string of the molecule is CCP(CO)COC(C)C. The normalized spacial score (nSPS) is 14.1. The molecule has 0 aromatic carbocycles. The maximum absolute atomic E-state index is 8.79. The summed E-state index contributed by atoms with van der Waals surface area (Å²) >= 11 is 0. The molecule has 0 bridgehead atoms. The summed E-state index contributed by atoms with van der Waals surface area (Å²) < 4.78 is 5.35. The van der Waals surface area contributed by atoms with Crippen LogP contribution in [0.5, 0.6) is 0 Å². The number of ether oxygens (including phenoxy) is 1. The minimum absolute atomic E-state index is 0.255. The standard InChI is InChI=1S/C7H17O2P/c1-4-10(5-8)6-9-7(2)3/h7-8H,4-6H2,1-3H3. The molecule has 1 unspecified atom stereocenters. The van der Waals surface area contributed by atoms with E-state index in [2.05, 4.69) is 6.92 Å². The fourth-order valence-electron chi connectivity index (χ4n) is 0.487. The fraction of sp³-hybridized carbons (Fsp3) is 1.00. The summed E-state index contributed by atoms with van der Waals surface area (Å²) in [6.07, 6.45) is 2.40. The Balaban J connectivity index is 3.26. The molecule has 0 fully saturated rings. The van der Waals surface area contributed by atoms with Gasteiger partial charge in [-0.1, -0.05) is 14.8 Å². The molecule has 0 saturated heterocycles. The second-order valence-corrected chi connectivity index (χ2v) is 4.99. The monoisotopic (exact) mass is 164 g/mol. The van der Waals surface area contributed by atoms with Crippen molar-refractivity contribution in [2.45, 2.75) is 26.9 Å².